The van der Waals surface area contributed by atoms with Crippen LogP contribution in [0.2, 0.25) is 0 Å². The third-order valence-electron chi connectivity index (χ3n) is 5.39. The fraction of sp³-hybridized carbons (Fsp3) is 0.769. The summed E-state index contributed by atoms with van der Waals surface area (Å²) in [6, 6.07) is 5.82. The SMILES string of the molecule is CC(C)(C)c1ccc(OCCOCCOCCCCS(=O)(=O)[O-])c(OCCOCCOCCCCS(=O)(=O)[O-])c1.[K+].[K+]. The summed E-state index contributed by atoms with van der Waals surface area (Å²) in [6.45, 7) is 9.78. The normalized spacial score (nSPS) is 11.9. The van der Waals surface area contributed by atoms with Gasteiger partial charge in [-0.1, -0.05) is 26.8 Å². The average Bonchev–Trinajstić information content (AvgIpc) is 2.84. The van der Waals surface area contributed by atoms with Crippen molar-refractivity contribution in [2.75, 3.05) is 77.6 Å². The quantitative estimate of drug-likeness (QED) is 0.0596. The van der Waals surface area contributed by atoms with E-state index in [0.29, 0.717) is 90.4 Å². The van der Waals surface area contributed by atoms with Crippen molar-refractivity contribution in [3.63, 3.8) is 0 Å². The second-order valence-electron chi connectivity index (χ2n) is 10.00. The Morgan fingerprint density at radius 3 is 1.36 bits per heavy atom. The summed E-state index contributed by atoms with van der Waals surface area (Å²) in [6.07, 6.45) is 1.55. The molecular formula is C26H44K2O12S2. The molecule has 0 fully saturated rings. The van der Waals surface area contributed by atoms with E-state index in [1.165, 1.54) is 0 Å². The van der Waals surface area contributed by atoms with E-state index in [9.17, 15) is 25.9 Å². The third kappa shape index (κ3) is 26.9. The minimum absolute atomic E-state index is 0. The van der Waals surface area contributed by atoms with Crippen molar-refractivity contribution in [1.29, 1.82) is 0 Å². The van der Waals surface area contributed by atoms with Crippen LogP contribution in [-0.2, 0) is 44.6 Å². The summed E-state index contributed by atoms with van der Waals surface area (Å²) in [5.74, 6) is 0.436. The molecule has 0 aromatic heterocycles. The van der Waals surface area contributed by atoms with Crippen LogP contribution < -0.4 is 112 Å². The van der Waals surface area contributed by atoms with Gasteiger partial charge >= 0.3 is 103 Å². The molecule has 0 bridgehead atoms. The van der Waals surface area contributed by atoms with E-state index < -0.39 is 20.2 Å². The molecule has 0 aliphatic heterocycles. The van der Waals surface area contributed by atoms with Gasteiger partial charge < -0.3 is 37.5 Å². The molecule has 0 saturated heterocycles. The van der Waals surface area contributed by atoms with Gasteiger partial charge in [-0.15, -0.1) is 0 Å². The first-order valence-corrected chi connectivity index (χ1v) is 16.5. The molecule has 0 aliphatic rings. The molecule has 0 N–H and O–H groups in total. The van der Waals surface area contributed by atoms with Gasteiger partial charge in [0.05, 0.1) is 59.9 Å². The second kappa shape index (κ2) is 25.8. The Labute approximate surface area is 337 Å². The van der Waals surface area contributed by atoms with E-state index in [4.69, 9.17) is 28.4 Å². The third-order valence-corrected chi connectivity index (χ3v) is 6.97. The van der Waals surface area contributed by atoms with Crippen molar-refractivity contribution in [2.45, 2.75) is 51.9 Å². The van der Waals surface area contributed by atoms with E-state index in [2.05, 4.69) is 20.8 Å². The topological polar surface area (TPSA) is 170 Å². The van der Waals surface area contributed by atoms with E-state index in [0.717, 1.165) is 5.56 Å². The van der Waals surface area contributed by atoms with Gasteiger partial charge in [-0.05, 0) is 48.8 Å². The number of hydrogen-bond donors (Lipinski definition) is 0. The van der Waals surface area contributed by atoms with Gasteiger partial charge in [0.25, 0.3) is 0 Å². The number of unbranched alkanes of at least 4 members (excludes halogenated alkanes) is 2. The van der Waals surface area contributed by atoms with E-state index in [-0.39, 0.29) is 133 Å². The maximum atomic E-state index is 10.5. The molecule has 42 heavy (non-hydrogen) atoms. The van der Waals surface area contributed by atoms with Crippen LogP contribution in [0, 0.1) is 0 Å². The molecule has 0 unspecified atom stereocenters. The predicted molar refractivity (Wildman–Crippen MR) is 147 cm³/mol. The van der Waals surface area contributed by atoms with Gasteiger partial charge in [0.2, 0.25) is 0 Å². The first-order chi connectivity index (χ1) is 18.8. The fourth-order valence-electron chi connectivity index (χ4n) is 3.24. The molecule has 1 aromatic carbocycles. The van der Waals surface area contributed by atoms with Gasteiger partial charge in [-0.3, -0.25) is 0 Å². The summed E-state index contributed by atoms with van der Waals surface area (Å²) in [5.41, 5.74) is 1.02. The van der Waals surface area contributed by atoms with Crippen molar-refractivity contribution in [3.05, 3.63) is 23.8 Å². The minimum Gasteiger partial charge on any atom is -0.748 e. The standard InChI is InChI=1S/C26H46O12S2.2K/c1-26(2,3)23-8-9-24(37-18-16-35-14-12-33-10-4-6-20-39(27,28)29)25(22-23)38-19-17-36-15-13-34-11-5-7-21-40(30,31)32;;/h8-9,22H,4-7,10-21H2,1-3H3,(H,27,28,29)(H,30,31,32);;/q;2*+1/p-2. The maximum absolute atomic E-state index is 10.5. The molecule has 234 valence electrons. The van der Waals surface area contributed by atoms with E-state index in [1.807, 2.05) is 18.2 Å². The summed E-state index contributed by atoms with van der Waals surface area (Å²) in [5, 5.41) is 0. The van der Waals surface area contributed by atoms with Crippen LogP contribution in [0.15, 0.2) is 18.2 Å². The van der Waals surface area contributed by atoms with Gasteiger partial charge in [-0.25, -0.2) is 16.8 Å². The number of rotatable bonds is 24. The summed E-state index contributed by atoms with van der Waals surface area (Å²) in [4.78, 5) is 0. The number of benzene rings is 1. The monoisotopic (exact) mass is 690 g/mol. The van der Waals surface area contributed by atoms with E-state index in [1.54, 1.807) is 0 Å². The maximum Gasteiger partial charge on any atom is 1.00 e. The Balaban J connectivity index is 0. The zero-order valence-electron chi connectivity index (χ0n) is 25.8. The first kappa shape index (κ1) is 45.9. The second-order valence-corrected chi connectivity index (χ2v) is 13.0. The molecule has 0 heterocycles. The van der Waals surface area contributed by atoms with Crippen molar-refractivity contribution in [2.24, 2.45) is 0 Å². The Bertz CT molecular complexity index is 1030. The molecule has 1 rings (SSSR count). The van der Waals surface area contributed by atoms with Crippen LogP contribution >= 0.6 is 0 Å². The smallest absolute Gasteiger partial charge is 0.748 e. The van der Waals surface area contributed by atoms with E-state index >= 15 is 0 Å². The van der Waals surface area contributed by atoms with Gasteiger partial charge in [-0.2, -0.15) is 0 Å². The van der Waals surface area contributed by atoms with Crippen molar-refractivity contribution in [1.82, 2.24) is 0 Å². The molecular weight excluding hydrogens is 647 g/mol. The van der Waals surface area contributed by atoms with Crippen LogP contribution in [0.5, 0.6) is 11.5 Å². The molecule has 0 amide bonds. The van der Waals surface area contributed by atoms with Crippen molar-refractivity contribution in [3.8, 4) is 11.5 Å². The number of ether oxygens (including phenoxy) is 6. The Morgan fingerprint density at radius 2 is 0.952 bits per heavy atom. The zero-order chi connectivity index (χ0) is 29.9. The molecule has 0 radical (unpaired) electrons. The molecule has 0 saturated carbocycles. The first-order valence-electron chi connectivity index (χ1n) is 13.4. The van der Waals surface area contributed by atoms with Crippen LogP contribution in [0.3, 0.4) is 0 Å². The average molecular weight is 691 g/mol. The molecule has 0 atom stereocenters. The van der Waals surface area contributed by atoms with Crippen LogP contribution in [0.1, 0.15) is 52.0 Å². The minimum atomic E-state index is -4.17. The van der Waals surface area contributed by atoms with Crippen LogP contribution in [0.4, 0.5) is 0 Å². The molecule has 0 aliphatic carbocycles. The predicted octanol–water partition coefficient (Wildman–Crippen LogP) is -3.53. The van der Waals surface area contributed by atoms with Crippen molar-refractivity contribution < 1.29 is 157 Å². The Morgan fingerprint density at radius 1 is 0.571 bits per heavy atom. The van der Waals surface area contributed by atoms with Crippen LogP contribution in [0.25, 0.3) is 0 Å². The molecule has 1 aromatic rings. The fourth-order valence-corrected chi connectivity index (χ4v) is 4.35. The van der Waals surface area contributed by atoms with Gasteiger partial charge in [0, 0.05) is 24.7 Å². The summed E-state index contributed by atoms with van der Waals surface area (Å²) >= 11 is 0. The molecule has 12 nitrogen and oxygen atoms in total. The van der Waals surface area contributed by atoms with Crippen molar-refractivity contribution >= 4 is 20.2 Å². The van der Waals surface area contributed by atoms with Gasteiger partial charge in [0.1, 0.15) is 13.2 Å². The Kier molecular flexibility index (Phi) is 28.2. The molecule has 16 heteroatoms. The van der Waals surface area contributed by atoms with Gasteiger partial charge in [0.15, 0.2) is 11.5 Å². The zero-order valence-corrected chi connectivity index (χ0v) is 33.6. The largest absolute Gasteiger partial charge is 1.00 e. The summed E-state index contributed by atoms with van der Waals surface area (Å²) in [7, 11) is -8.34. The van der Waals surface area contributed by atoms with Crippen LogP contribution in [-0.4, -0.2) is 104 Å². The number of hydrogen-bond acceptors (Lipinski definition) is 12. The summed E-state index contributed by atoms with van der Waals surface area (Å²) < 4.78 is 96.8. The molecule has 0 spiro atoms. The Hall–Kier alpha value is 1.75.